The van der Waals surface area contributed by atoms with Gasteiger partial charge in [-0.25, -0.2) is 9.59 Å². The predicted molar refractivity (Wildman–Crippen MR) is 68.4 cm³/mol. The Kier molecular flexibility index (Phi) is 7.35. The van der Waals surface area contributed by atoms with Crippen molar-refractivity contribution in [2.45, 2.75) is 39.8 Å². The van der Waals surface area contributed by atoms with Gasteiger partial charge in [0.2, 0.25) is 0 Å². The van der Waals surface area contributed by atoms with E-state index in [1.807, 2.05) is 13.8 Å². The molecule has 0 aromatic heterocycles. The van der Waals surface area contributed by atoms with E-state index in [9.17, 15) is 9.59 Å². The van der Waals surface area contributed by atoms with Crippen molar-refractivity contribution in [2.75, 3.05) is 13.7 Å². The zero-order valence-corrected chi connectivity index (χ0v) is 11.7. The smallest absolute Gasteiger partial charge is 0.326 e. The molecule has 0 radical (unpaired) electrons. The second-order valence-corrected chi connectivity index (χ2v) is 4.98. The van der Waals surface area contributed by atoms with E-state index in [4.69, 9.17) is 9.84 Å². The molecule has 0 aliphatic carbocycles. The van der Waals surface area contributed by atoms with E-state index in [2.05, 4.69) is 10.6 Å². The lowest BCUT2D eigenvalue weighted by Crippen LogP contribution is -2.53. The molecule has 0 fully saturated rings. The maximum absolute atomic E-state index is 11.7. The summed E-state index contributed by atoms with van der Waals surface area (Å²) in [5.41, 5.74) is 0. The first-order chi connectivity index (χ1) is 8.29. The number of nitrogens with one attached hydrogen (secondary N) is 2. The lowest BCUT2D eigenvalue weighted by atomic mass is 10.0. The Bertz CT molecular complexity index is 279. The van der Waals surface area contributed by atoms with Gasteiger partial charge < -0.3 is 20.5 Å². The molecule has 2 atom stereocenters. The van der Waals surface area contributed by atoms with E-state index in [-0.39, 0.29) is 17.9 Å². The first kappa shape index (κ1) is 16.7. The van der Waals surface area contributed by atoms with Crippen LogP contribution < -0.4 is 10.6 Å². The molecule has 0 saturated carbocycles. The van der Waals surface area contributed by atoms with Crippen LogP contribution in [-0.4, -0.2) is 42.9 Å². The van der Waals surface area contributed by atoms with Crippen molar-refractivity contribution in [1.29, 1.82) is 0 Å². The van der Waals surface area contributed by atoms with Gasteiger partial charge in [-0.3, -0.25) is 0 Å². The highest BCUT2D eigenvalue weighted by Crippen LogP contribution is 2.04. The monoisotopic (exact) mass is 260 g/mol. The van der Waals surface area contributed by atoms with Crippen molar-refractivity contribution in [3.8, 4) is 0 Å². The Balaban J connectivity index is 4.42. The van der Waals surface area contributed by atoms with E-state index >= 15 is 0 Å². The third kappa shape index (κ3) is 5.86. The summed E-state index contributed by atoms with van der Waals surface area (Å²) in [6.07, 6.45) is 0. The highest BCUT2D eigenvalue weighted by Gasteiger charge is 2.25. The SMILES string of the molecule is COCC(NC(=O)NC(C(=O)O)C(C)C)C(C)C. The van der Waals surface area contributed by atoms with Crippen LogP contribution in [0.25, 0.3) is 0 Å². The highest BCUT2D eigenvalue weighted by atomic mass is 16.5. The van der Waals surface area contributed by atoms with Crippen molar-refractivity contribution < 1.29 is 19.4 Å². The molecular formula is C12H24N2O4. The molecule has 3 N–H and O–H groups in total. The van der Waals surface area contributed by atoms with Crippen LogP contribution in [-0.2, 0) is 9.53 Å². The summed E-state index contributed by atoms with van der Waals surface area (Å²) in [6, 6.07) is -1.51. The second kappa shape index (κ2) is 7.92. The minimum atomic E-state index is -1.03. The fraction of sp³-hybridized carbons (Fsp3) is 0.833. The number of carboxylic acids is 1. The molecule has 0 aromatic carbocycles. The molecule has 0 heterocycles. The molecule has 0 aromatic rings. The van der Waals surface area contributed by atoms with Crippen LogP contribution in [0.3, 0.4) is 0 Å². The number of methoxy groups -OCH3 is 1. The number of carbonyl (C=O) groups is 2. The fourth-order valence-corrected chi connectivity index (χ4v) is 1.45. The summed E-state index contributed by atoms with van der Waals surface area (Å²) in [5, 5.41) is 14.1. The summed E-state index contributed by atoms with van der Waals surface area (Å²) in [4.78, 5) is 22.7. The zero-order valence-electron chi connectivity index (χ0n) is 11.7. The van der Waals surface area contributed by atoms with E-state index in [1.165, 1.54) is 0 Å². The van der Waals surface area contributed by atoms with Gasteiger partial charge in [0.15, 0.2) is 0 Å². The molecule has 6 heteroatoms. The van der Waals surface area contributed by atoms with Crippen LogP contribution in [0.4, 0.5) is 4.79 Å². The average molecular weight is 260 g/mol. The molecule has 2 unspecified atom stereocenters. The van der Waals surface area contributed by atoms with Gasteiger partial charge in [-0.15, -0.1) is 0 Å². The third-order valence-corrected chi connectivity index (χ3v) is 2.69. The molecular weight excluding hydrogens is 236 g/mol. The van der Waals surface area contributed by atoms with Crippen LogP contribution in [0.15, 0.2) is 0 Å². The molecule has 0 spiro atoms. The van der Waals surface area contributed by atoms with Gasteiger partial charge in [0.25, 0.3) is 0 Å². The van der Waals surface area contributed by atoms with Crippen molar-refractivity contribution in [3.05, 3.63) is 0 Å². The Morgan fingerprint density at radius 3 is 2.00 bits per heavy atom. The Labute approximate surface area is 108 Å². The maximum Gasteiger partial charge on any atom is 0.326 e. The number of hydrogen-bond donors (Lipinski definition) is 3. The van der Waals surface area contributed by atoms with Crippen LogP contribution in [0.5, 0.6) is 0 Å². The predicted octanol–water partition coefficient (Wildman–Crippen LogP) is 1.07. The molecule has 2 amide bonds. The molecule has 106 valence electrons. The summed E-state index contributed by atoms with van der Waals surface area (Å²) >= 11 is 0. The number of carbonyl (C=O) groups excluding carboxylic acids is 1. The third-order valence-electron chi connectivity index (χ3n) is 2.69. The Morgan fingerprint density at radius 1 is 1.11 bits per heavy atom. The van der Waals surface area contributed by atoms with Gasteiger partial charge >= 0.3 is 12.0 Å². The normalized spacial score (nSPS) is 14.4. The van der Waals surface area contributed by atoms with Gasteiger partial charge in [-0.1, -0.05) is 27.7 Å². The van der Waals surface area contributed by atoms with Gasteiger partial charge in [0.05, 0.1) is 12.6 Å². The van der Waals surface area contributed by atoms with Crippen LogP contribution in [0.1, 0.15) is 27.7 Å². The number of carboxylic acid groups (broad SMARTS) is 1. The molecule has 0 aliphatic rings. The Hall–Kier alpha value is -1.30. The van der Waals surface area contributed by atoms with E-state index < -0.39 is 18.0 Å². The average Bonchev–Trinajstić information content (AvgIpc) is 2.24. The number of urea groups is 1. The number of hydrogen-bond acceptors (Lipinski definition) is 3. The molecule has 18 heavy (non-hydrogen) atoms. The second-order valence-electron chi connectivity index (χ2n) is 4.98. The molecule has 0 saturated heterocycles. The van der Waals surface area contributed by atoms with Crippen molar-refractivity contribution in [1.82, 2.24) is 10.6 Å². The lowest BCUT2D eigenvalue weighted by molar-refractivity contribution is -0.140. The summed E-state index contributed by atoms with van der Waals surface area (Å²) in [7, 11) is 1.56. The summed E-state index contributed by atoms with van der Waals surface area (Å²) in [6.45, 7) is 7.80. The van der Waals surface area contributed by atoms with E-state index in [0.717, 1.165) is 0 Å². The lowest BCUT2D eigenvalue weighted by Gasteiger charge is -2.24. The highest BCUT2D eigenvalue weighted by molar-refractivity contribution is 5.82. The number of amides is 2. The minimum absolute atomic E-state index is 0.142. The minimum Gasteiger partial charge on any atom is -0.480 e. The quantitative estimate of drug-likeness (QED) is 0.639. The van der Waals surface area contributed by atoms with Crippen LogP contribution in [0, 0.1) is 11.8 Å². The Morgan fingerprint density at radius 2 is 1.67 bits per heavy atom. The van der Waals surface area contributed by atoms with Gasteiger partial charge in [-0.2, -0.15) is 0 Å². The summed E-state index contributed by atoms with van der Waals surface area (Å²) < 4.78 is 5.01. The number of ether oxygens (including phenoxy) is 1. The van der Waals surface area contributed by atoms with Crippen molar-refractivity contribution >= 4 is 12.0 Å². The van der Waals surface area contributed by atoms with Gasteiger partial charge in [0, 0.05) is 7.11 Å². The number of aliphatic carboxylic acids is 1. The first-order valence-electron chi connectivity index (χ1n) is 6.08. The van der Waals surface area contributed by atoms with Crippen LogP contribution in [0.2, 0.25) is 0 Å². The standard InChI is InChI=1S/C12H24N2O4/c1-7(2)9(6-18-5)13-12(17)14-10(8(3)4)11(15)16/h7-10H,6H2,1-5H3,(H,15,16)(H2,13,14,17). The largest absolute Gasteiger partial charge is 0.480 e. The summed E-state index contributed by atoms with van der Waals surface area (Å²) in [5.74, 6) is -1.00. The molecule has 0 rings (SSSR count). The maximum atomic E-state index is 11.7. The first-order valence-corrected chi connectivity index (χ1v) is 6.08. The molecule has 0 aliphatic heterocycles. The van der Waals surface area contributed by atoms with Crippen molar-refractivity contribution in [2.24, 2.45) is 11.8 Å². The van der Waals surface area contributed by atoms with Gasteiger partial charge in [-0.05, 0) is 11.8 Å². The topological polar surface area (TPSA) is 87.7 Å². The van der Waals surface area contributed by atoms with Gasteiger partial charge in [0.1, 0.15) is 6.04 Å². The fourth-order valence-electron chi connectivity index (χ4n) is 1.45. The van der Waals surface area contributed by atoms with E-state index in [1.54, 1.807) is 21.0 Å². The zero-order chi connectivity index (χ0) is 14.3. The molecule has 6 nitrogen and oxygen atoms in total. The van der Waals surface area contributed by atoms with Crippen molar-refractivity contribution in [3.63, 3.8) is 0 Å². The molecule has 0 bridgehead atoms. The van der Waals surface area contributed by atoms with E-state index in [0.29, 0.717) is 6.61 Å². The van der Waals surface area contributed by atoms with Crippen LogP contribution >= 0.6 is 0 Å². The number of rotatable bonds is 7.